The minimum absolute atomic E-state index is 0.636. The summed E-state index contributed by atoms with van der Waals surface area (Å²) in [5, 5.41) is 27.1. The summed E-state index contributed by atoms with van der Waals surface area (Å²) in [5.74, 6) is 0. The molecule has 0 fully saturated rings. The third kappa shape index (κ3) is 3.62. The Morgan fingerprint density at radius 1 is 0.440 bits per heavy atom. The minimum atomic E-state index is -1.82. The molecule has 0 bridgehead atoms. The second kappa shape index (κ2) is 7.51. The summed E-state index contributed by atoms with van der Waals surface area (Å²) in [5.41, 5.74) is 1.91. The van der Waals surface area contributed by atoms with Gasteiger partial charge in [0.1, 0.15) is 0 Å². The van der Waals surface area contributed by atoms with Crippen LogP contribution in [0.25, 0.3) is 0 Å². The van der Waals surface area contributed by atoms with Crippen molar-refractivity contribution >= 4 is 27.7 Å². The van der Waals surface area contributed by atoms with Gasteiger partial charge >= 0.3 is 151 Å². The van der Waals surface area contributed by atoms with Crippen molar-refractivity contribution in [2.24, 2.45) is 0 Å². The molecule has 116 valence electrons. The topological polar surface area (TPSA) is 71.4 Å². The number of hydrogen-bond donors (Lipinski definition) is 0. The van der Waals surface area contributed by atoms with Crippen LogP contribution in [0.4, 0.5) is 0 Å². The van der Waals surface area contributed by atoms with Crippen LogP contribution in [0.2, 0.25) is 0 Å². The third-order valence-electron chi connectivity index (χ3n) is 3.76. The van der Waals surface area contributed by atoms with Gasteiger partial charge in [0.25, 0.3) is 0 Å². The molecule has 3 nitrogen and oxygen atoms in total. The number of nitriles is 3. The molecule has 3 aromatic rings. The Morgan fingerprint density at radius 3 is 0.880 bits per heavy atom. The van der Waals surface area contributed by atoms with Crippen molar-refractivity contribution in [3.8, 4) is 18.2 Å². The zero-order valence-corrected chi connectivity index (χ0v) is 15.1. The molecule has 4 heteroatoms. The van der Waals surface area contributed by atoms with Gasteiger partial charge in [0.2, 0.25) is 0 Å². The number of benzene rings is 3. The SMILES string of the molecule is N#Cc1ccc([As](c2ccc(C#N)cc2)c2ccc(C#N)cc2)cc1. The number of hydrogen-bond acceptors (Lipinski definition) is 3. The van der Waals surface area contributed by atoms with Crippen LogP contribution in [-0.4, -0.2) is 14.7 Å². The van der Waals surface area contributed by atoms with Crippen molar-refractivity contribution in [3.05, 3.63) is 89.5 Å². The molecule has 0 amide bonds. The summed E-state index contributed by atoms with van der Waals surface area (Å²) < 4.78 is 3.59. The molecule has 0 radical (unpaired) electrons. The third-order valence-corrected chi connectivity index (χ3v) is 8.89. The van der Waals surface area contributed by atoms with Gasteiger partial charge < -0.3 is 0 Å². The maximum atomic E-state index is 9.02. The van der Waals surface area contributed by atoms with Crippen molar-refractivity contribution in [1.82, 2.24) is 0 Å². The molecule has 0 aliphatic carbocycles. The number of rotatable bonds is 3. The van der Waals surface area contributed by atoms with E-state index in [1.165, 1.54) is 13.1 Å². The monoisotopic (exact) mass is 381 g/mol. The summed E-state index contributed by atoms with van der Waals surface area (Å²) in [6.45, 7) is 0. The van der Waals surface area contributed by atoms with E-state index >= 15 is 0 Å². The average molecular weight is 381 g/mol. The standard InChI is InChI=1S/C21H12AsN3/c23-13-16-1-7-19(8-2-16)22(20-9-3-17(14-24)4-10-20)21-11-5-18(15-25)6-12-21/h1-12H. The summed E-state index contributed by atoms with van der Waals surface area (Å²) in [7, 11) is 0. The Balaban J connectivity index is 2.10. The van der Waals surface area contributed by atoms with Gasteiger partial charge in [-0.2, -0.15) is 0 Å². The summed E-state index contributed by atoms with van der Waals surface area (Å²) in [6.07, 6.45) is 0. The van der Waals surface area contributed by atoms with Crippen molar-refractivity contribution in [2.45, 2.75) is 0 Å². The van der Waals surface area contributed by atoms with E-state index in [0.29, 0.717) is 16.7 Å². The van der Waals surface area contributed by atoms with Crippen LogP contribution in [0.5, 0.6) is 0 Å². The molecular formula is C21H12AsN3. The summed E-state index contributed by atoms with van der Waals surface area (Å²) in [6, 6.07) is 29.5. The molecule has 0 aliphatic rings. The second-order valence-electron chi connectivity index (χ2n) is 5.31. The van der Waals surface area contributed by atoms with Gasteiger partial charge in [0.05, 0.1) is 0 Å². The van der Waals surface area contributed by atoms with Gasteiger partial charge in [0, 0.05) is 0 Å². The van der Waals surface area contributed by atoms with Crippen LogP contribution in [-0.2, 0) is 0 Å². The molecule has 0 aliphatic heterocycles. The molecule has 0 saturated carbocycles. The molecular weight excluding hydrogens is 369 g/mol. The van der Waals surface area contributed by atoms with Crippen LogP contribution < -0.4 is 13.1 Å². The van der Waals surface area contributed by atoms with Crippen LogP contribution in [0, 0.1) is 34.0 Å². The zero-order chi connectivity index (χ0) is 17.6. The van der Waals surface area contributed by atoms with E-state index in [4.69, 9.17) is 15.8 Å². The van der Waals surface area contributed by atoms with Crippen LogP contribution in [0.1, 0.15) is 16.7 Å². The molecule has 0 unspecified atom stereocenters. The van der Waals surface area contributed by atoms with Gasteiger partial charge in [-0.1, -0.05) is 0 Å². The molecule has 0 spiro atoms. The predicted octanol–water partition coefficient (Wildman–Crippen LogP) is 1.82. The van der Waals surface area contributed by atoms with E-state index in [0.717, 1.165) is 0 Å². The van der Waals surface area contributed by atoms with Crippen molar-refractivity contribution in [2.75, 3.05) is 0 Å². The molecule has 3 rings (SSSR count). The Morgan fingerprint density at radius 2 is 0.680 bits per heavy atom. The first-order valence-corrected chi connectivity index (χ1v) is 10.4. The predicted molar refractivity (Wildman–Crippen MR) is 98.1 cm³/mol. The fourth-order valence-corrected chi connectivity index (χ4v) is 7.19. The molecule has 0 saturated heterocycles. The molecule has 0 N–H and O–H groups in total. The van der Waals surface area contributed by atoms with Gasteiger partial charge in [-0.3, -0.25) is 0 Å². The van der Waals surface area contributed by atoms with Crippen molar-refractivity contribution in [1.29, 1.82) is 15.8 Å². The van der Waals surface area contributed by atoms with E-state index in [1.807, 2.05) is 72.8 Å². The molecule has 3 aromatic carbocycles. The van der Waals surface area contributed by atoms with E-state index in [2.05, 4.69) is 18.2 Å². The van der Waals surface area contributed by atoms with Gasteiger partial charge in [-0.25, -0.2) is 0 Å². The van der Waals surface area contributed by atoms with E-state index in [9.17, 15) is 0 Å². The Labute approximate surface area is 151 Å². The Bertz CT molecular complexity index is 863. The summed E-state index contributed by atoms with van der Waals surface area (Å²) >= 11 is -1.82. The quantitative estimate of drug-likeness (QED) is 0.650. The second-order valence-corrected chi connectivity index (χ2v) is 9.97. The van der Waals surface area contributed by atoms with Gasteiger partial charge in [-0.15, -0.1) is 0 Å². The van der Waals surface area contributed by atoms with Gasteiger partial charge in [-0.05, 0) is 0 Å². The first-order valence-electron chi connectivity index (χ1n) is 7.56. The maximum absolute atomic E-state index is 9.02. The Hall–Kier alpha value is -3.31. The zero-order valence-electron chi connectivity index (χ0n) is 13.2. The molecule has 0 heterocycles. The van der Waals surface area contributed by atoms with Crippen LogP contribution >= 0.6 is 0 Å². The first-order chi connectivity index (χ1) is 12.2. The molecule has 0 atom stereocenters. The number of nitrogens with zero attached hydrogens (tertiary/aromatic N) is 3. The molecule has 0 aromatic heterocycles. The van der Waals surface area contributed by atoms with Gasteiger partial charge in [0.15, 0.2) is 0 Å². The average Bonchev–Trinajstić information content (AvgIpc) is 2.70. The van der Waals surface area contributed by atoms with E-state index in [1.54, 1.807) is 0 Å². The fourth-order valence-electron chi connectivity index (χ4n) is 2.50. The van der Waals surface area contributed by atoms with E-state index in [-0.39, 0.29) is 0 Å². The van der Waals surface area contributed by atoms with Crippen molar-refractivity contribution in [3.63, 3.8) is 0 Å². The Kier molecular flexibility index (Phi) is 4.97. The normalized spacial score (nSPS) is 9.84. The van der Waals surface area contributed by atoms with Crippen molar-refractivity contribution < 1.29 is 0 Å². The van der Waals surface area contributed by atoms with Crippen LogP contribution in [0.15, 0.2) is 72.8 Å². The van der Waals surface area contributed by atoms with E-state index < -0.39 is 14.7 Å². The first kappa shape index (κ1) is 16.5. The molecule has 25 heavy (non-hydrogen) atoms. The van der Waals surface area contributed by atoms with Crippen LogP contribution in [0.3, 0.4) is 0 Å². The fraction of sp³-hybridized carbons (Fsp3) is 0. The summed E-state index contributed by atoms with van der Waals surface area (Å²) in [4.78, 5) is 0.